The highest BCUT2D eigenvalue weighted by Crippen LogP contribution is 2.21. The van der Waals surface area contributed by atoms with Gasteiger partial charge >= 0.3 is 0 Å². The van der Waals surface area contributed by atoms with Gasteiger partial charge in [-0.25, -0.2) is 4.98 Å². The van der Waals surface area contributed by atoms with Crippen molar-refractivity contribution in [3.8, 4) is 0 Å². The van der Waals surface area contributed by atoms with E-state index in [2.05, 4.69) is 38.7 Å². The van der Waals surface area contributed by atoms with E-state index in [0.29, 0.717) is 25.2 Å². The zero-order chi connectivity index (χ0) is 28.4. The van der Waals surface area contributed by atoms with Gasteiger partial charge in [0.15, 0.2) is 0 Å². The Balaban J connectivity index is 1.21. The molecule has 5 rings (SSSR count). The molecule has 4 N–H and O–H groups in total. The Labute approximate surface area is 242 Å². The Morgan fingerprint density at radius 3 is 2.59 bits per heavy atom. The summed E-state index contributed by atoms with van der Waals surface area (Å²) in [6.45, 7) is 3.88. The first-order valence-electron chi connectivity index (χ1n) is 15.0. The Bertz CT molecular complexity index is 1480. The van der Waals surface area contributed by atoms with Crippen molar-refractivity contribution in [1.82, 2.24) is 20.5 Å². The standard InChI is InChI=1S/C34H41N5O2/c35-33-30-16-15-25(22-28(30)17-18-36-33)24-37-34(41)31(23-27-12-9-11-26-10-4-5-13-29(26)27)38-32(40)14-3-1-6-19-39-20-7-2-8-21-39/h4-5,9-13,15-18,22,31H,1-3,6-8,14,19-21,23-24H2,(H2,35,36)(H,37,41)(H,38,40). The van der Waals surface area contributed by atoms with Gasteiger partial charge in [0.05, 0.1) is 0 Å². The van der Waals surface area contributed by atoms with Gasteiger partial charge in [-0.1, -0.05) is 67.4 Å². The third-order valence-corrected chi connectivity index (χ3v) is 8.11. The van der Waals surface area contributed by atoms with Crippen molar-refractivity contribution in [2.24, 2.45) is 0 Å². The normalized spacial score (nSPS) is 14.6. The number of benzene rings is 3. The first-order valence-corrected chi connectivity index (χ1v) is 15.0. The van der Waals surface area contributed by atoms with E-state index >= 15 is 0 Å². The third kappa shape index (κ3) is 7.82. The molecule has 4 aromatic rings. The van der Waals surface area contributed by atoms with Crippen LogP contribution in [0.5, 0.6) is 0 Å². The molecule has 0 aliphatic carbocycles. The molecule has 2 heterocycles. The number of amides is 2. The molecule has 214 valence electrons. The molecule has 7 heteroatoms. The molecule has 0 bridgehead atoms. The summed E-state index contributed by atoms with van der Waals surface area (Å²) in [4.78, 5) is 33.2. The number of pyridine rings is 1. The number of hydrogen-bond donors (Lipinski definition) is 3. The number of nitrogens with two attached hydrogens (primary N) is 1. The van der Waals surface area contributed by atoms with E-state index in [0.717, 1.165) is 58.5 Å². The lowest BCUT2D eigenvalue weighted by molar-refractivity contribution is -0.129. The maximum Gasteiger partial charge on any atom is 0.243 e. The van der Waals surface area contributed by atoms with Crippen molar-refractivity contribution in [3.05, 3.63) is 84.1 Å². The van der Waals surface area contributed by atoms with Gasteiger partial charge in [0.1, 0.15) is 11.9 Å². The number of nitrogens with zero attached hydrogens (tertiary/aromatic N) is 2. The van der Waals surface area contributed by atoms with Gasteiger partial charge in [-0.3, -0.25) is 9.59 Å². The van der Waals surface area contributed by atoms with E-state index in [4.69, 9.17) is 5.73 Å². The highest BCUT2D eigenvalue weighted by molar-refractivity contribution is 5.92. The van der Waals surface area contributed by atoms with Gasteiger partial charge in [0.2, 0.25) is 11.8 Å². The van der Waals surface area contributed by atoms with E-state index < -0.39 is 6.04 Å². The number of aromatic nitrogens is 1. The number of hydrogen-bond acceptors (Lipinski definition) is 5. The molecular weight excluding hydrogens is 510 g/mol. The zero-order valence-electron chi connectivity index (χ0n) is 23.8. The van der Waals surface area contributed by atoms with Crippen molar-refractivity contribution in [2.45, 2.75) is 64.0 Å². The highest BCUT2D eigenvalue weighted by Gasteiger charge is 2.22. The Kier molecular flexibility index (Phi) is 9.81. The van der Waals surface area contributed by atoms with Crippen LogP contribution < -0.4 is 16.4 Å². The van der Waals surface area contributed by atoms with Crippen molar-refractivity contribution < 1.29 is 9.59 Å². The fraction of sp³-hybridized carbons (Fsp3) is 0.382. The molecule has 1 aromatic heterocycles. The van der Waals surface area contributed by atoms with Crippen LogP contribution in [0.4, 0.5) is 5.82 Å². The number of unbranched alkanes of at least 4 members (excludes halogenated alkanes) is 2. The monoisotopic (exact) mass is 551 g/mol. The van der Waals surface area contributed by atoms with Crippen molar-refractivity contribution >= 4 is 39.2 Å². The van der Waals surface area contributed by atoms with Crippen molar-refractivity contribution in [2.75, 3.05) is 25.4 Å². The number of likely N-dealkylation sites (tertiary alicyclic amines) is 1. The molecule has 1 aliphatic rings. The maximum atomic E-state index is 13.5. The van der Waals surface area contributed by atoms with Gasteiger partial charge in [0, 0.05) is 31.0 Å². The summed E-state index contributed by atoms with van der Waals surface area (Å²) < 4.78 is 0. The van der Waals surface area contributed by atoms with Crippen molar-refractivity contribution in [3.63, 3.8) is 0 Å². The summed E-state index contributed by atoms with van der Waals surface area (Å²) in [5.41, 5.74) is 7.99. The van der Waals surface area contributed by atoms with Gasteiger partial charge < -0.3 is 21.3 Å². The molecule has 0 spiro atoms. The SMILES string of the molecule is Nc1nccc2cc(CNC(=O)C(Cc3cccc4ccccc34)NC(=O)CCCCCN3CCCCC3)ccc12. The second kappa shape index (κ2) is 14.1. The second-order valence-corrected chi connectivity index (χ2v) is 11.1. The van der Waals surface area contributed by atoms with Crippen LogP contribution >= 0.6 is 0 Å². The molecule has 1 atom stereocenters. The Morgan fingerprint density at radius 2 is 1.71 bits per heavy atom. The minimum Gasteiger partial charge on any atom is -0.383 e. The topological polar surface area (TPSA) is 100 Å². The van der Waals surface area contributed by atoms with Gasteiger partial charge in [-0.15, -0.1) is 0 Å². The summed E-state index contributed by atoms with van der Waals surface area (Å²) in [5, 5.41) is 10.2. The highest BCUT2D eigenvalue weighted by atomic mass is 16.2. The molecular formula is C34H41N5O2. The average Bonchev–Trinajstić information content (AvgIpc) is 3.00. The number of fused-ring (bicyclic) bond motifs is 2. The number of nitrogens with one attached hydrogen (secondary N) is 2. The maximum absolute atomic E-state index is 13.5. The summed E-state index contributed by atoms with van der Waals surface area (Å²) in [6, 6.07) is 21.4. The molecule has 0 saturated carbocycles. The fourth-order valence-electron chi connectivity index (χ4n) is 5.82. The second-order valence-electron chi connectivity index (χ2n) is 11.1. The molecule has 1 unspecified atom stereocenters. The first kappa shape index (κ1) is 28.6. The van der Waals surface area contributed by atoms with Crippen LogP contribution in [-0.4, -0.2) is 47.4 Å². The van der Waals surface area contributed by atoms with Crippen LogP contribution in [0, 0.1) is 0 Å². The zero-order valence-corrected chi connectivity index (χ0v) is 23.8. The molecule has 7 nitrogen and oxygen atoms in total. The summed E-state index contributed by atoms with van der Waals surface area (Å²) in [7, 11) is 0. The summed E-state index contributed by atoms with van der Waals surface area (Å²) in [5.74, 6) is 0.227. The number of piperidine rings is 1. The van der Waals surface area contributed by atoms with Gasteiger partial charge in [-0.05, 0) is 84.7 Å². The predicted molar refractivity (Wildman–Crippen MR) is 166 cm³/mol. The van der Waals surface area contributed by atoms with E-state index in [9.17, 15) is 9.59 Å². The summed E-state index contributed by atoms with van der Waals surface area (Å²) >= 11 is 0. The number of carbonyl (C=O) groups is 2. The average molecular weight is 552 g/mol. The molecule has 0 radical (unpaired) electrons. The Morgan fingerprint density at radius 1 is 0.878 bits per heavy atom. The fourth-order valence-corrected chi connectivity index (χ4v) is 5.82. The van der Waals surface area contributed by atoms with E-state index in [1.165, 1.54) is 32.4 Å². The van der Waals surface area contributed by atoms with Crippen LogP contribution in [0.1, 0.15) is 56.1 Å². The largest absolute Gasteiger partial charge is 0.383 e. The van der Waals surface area contributed by atoms with Crippen LogP contribution in [0.3, 0.4) is 0 Å². The van der Waals surface area contributed by atoms with Crippen LogP contribution in [-0.2, 0) is 22.6 Å². The molecule has 41 heavy (non-hydrogen) atoms. The quantitative estimate of drug-likeness (QED) is 0.206. The van der Waals surface area contributed by atoms with Crippen LogP contribution in [0.2, 0.25) is 0 Å². The molecule has 3 aromatic carbocycles. The smallest absolute Gasteiger partial charge is 0.243 e. The molecule has 2 amide bonds. The molecule has 1 aliphatic heterocycles. The van der Waals surface area contributed by atoms with Gasteiger partial charge in [-0.2, -0.15) is 0 Å². The number of rotatable bonds is 12. The van der Waals surface area contributed by atoms with E-state index in [-0.39, 0.29) is 11.8 Å². The third-order valence-electron chi connectivity index (χ3n) is 8.11. The minimum absolute atomic E-state index is 0.0722. The van der Waals surface area contributed by atoms with Crippen LogP contribution in [0.25, 0.3) is 21.5 Å². The lowest BCUT2D eigenvalue weighted by atomic mass is 9.98. The predicted octanol–water partition coefficient (Wildman–Crippen LogP) is 5.36. The number of nitrogen functional groups attached to an aromatic ring is 1. The van der Waals surface area contributed by atoms with E-state index in [1.807, 2.05) is 48.5 Å². The van der Waals surface area contributed by atoms with Gasteiger partial charge in [0.25, 0.3) is 0 Å². The van der Waals surface area contributed by atoms with E-state index in [1.54, 1.807) is 6.20 Å². The lowest BCUT2D eigenvalue weighted by Crippen LogP contribution is -2.47. The van der Waals surface area contributed by atoms with Crippen molar-refractivity contribution in [1.29, 1.82) is 0 Å². The number of carbonyl (C=O) groups excluding carboxylic acids is 2. The molecule has 1 saturated heterocycles. The summed E-state index contributed by atoms with van der Waals surface area (Å²) in [6.07, 6.45) is 9.45. The minimum atomic E-state index is -0.665. The lowest BCUT2D eigenvalue weighted by Gasteiger charge is -2.26. The number of anilines is 1. The first-order chi connectivity index (χ1) is 20.1. The van der Waals surface area contributed by atoms with Crippen LogP contribution in [0.15, 0.2) is 72.9 Å². The molecule has 1 fully saturated rings. The Hall–Kier alpha value is -3.97.